The summed E-state index contributed by atoms with van der Waals surface area (Å²) in [6, 6.07) is 6.97. The monoisotopic (exact) mass is 528 g/mol. The number of hydrogen-bond acceptors (Lipinski definition) is 8. The van der Waals surface area contributed by atoms with Crippen LogP contribution in [0.4, 0.5) is 8.78 Å². The van der Waals surface area contributed by atoms with Crippen LogP contribution >= 0.6 is 0 Å². The Morgan fingerprint density at radius 1 is 1.24 bits per heavy atom. The first kappa shape index (κ1) is 25.0. The van der Waals surface area contributed by atoms with Crippen molar-refractivity contribution in [3.05, 3.63) is 47.9 Å². The van der Waals surface area contributed by atoms with Gasteiger partial charge in [-0.25, -0.2) is 9.79 Å². The minimum atomic E-state index is -2.95. The lowest BCUT2D eigenvalue weighted by Gasteiger charge is -2.48. The molecule has 0 radical (unpaired) electrons. The van der Waals surface area contributed by atoms with Crippen molar-refractivity contribution in [3.8, 4) is 17.0 Å². The number of carboxylic acid groups (broad SMARTS) is 1. The molecule has 1 aromatic carbocycles. The summed E-state index contributed by atoms with van der Waals surface area (Å²) in [5.41, 5.74) is 1.75. The molecule has 2 N–H and O–H groups in total. The molecule has 9 nitrogen and oxygen atoms in total. The van der Waals surface area contributed by atoms with Crippen molar-refractivity contribution in [2.24, 2.45) is 4.99 Å². The van der Waals surface area contributed by atoms with Crippen molar-refractivity contribution < 1.29 is 32.7 Å². The predicted molar refractivity (Wildman–Crippen MR) is 133 cm³/mol. The Morgan fingerprint density at radius 2 is 1.97 bits per heavy atom. The molecular weight excluding hydrogens is 498 g/mol. The number of para-hydroxylation sites is 1. The van der Waals surface area contributed by atoms with Crippen LogP contribution in [0.3, 0.4) is 0 Å². The molecule has 2 saturated heterocycles. The second-order valence-electron chi connectivity index (χ2n) is 10.5. The van der Waals surface area contributed by atoms with Crippen molar-refractivity contribution in [2.75, 3.05) is 0 Å². The van der Waals surface area contributed by atoms with E-state index in [1.165, 1.54) is 12.1 Å². The molecule has 11 heteroatoms. The second-order valence-corrected chi connectivity index (χ2v) is 10.5. The van der Waals surface area contributed by atoms with Gasteiger partial charge in [-0.2, -0.15) is 8.78 Å². The van der Waals surface area contributed by atoms with Crippen molar-refractivity contribution in [1.29, 1.82) is 0 Å². The summed E-state index contributed by atoms with van der Waals surface area (Å²) in [4.78, 5) is 18.3. The number of halogens is 2. The third kappa shape index (κ3) is 4.69. The van der Waals surface area contributed by atoms with E-state index in [0.717, 1.165) is 49.8 Å². The van der Waals surface area contributed by atoms with Gasteiger partial charge in [-0.3, -0.25) is 4.90 Å². The fourth-order valence-electron chi connectivity index (χ4n) is 6.21. The number of nitrogens with zero attached hydrogens (tertiary/aromatic N) is 3. The van der Waals surface area contributed by atoms with Crippen LogP contribution in [0.1, 0.15) is 62.7 Å². The van der Waals surface area contributed by atoms with Crippen LogP contribution in [-0.4, -0.2) is 57.4 Å². The van der Waals surface area contributed by atoms with Gasteiger partial charge < -0.3 is 24.4 Å². The first-order chi connectivity index (χ1) is 18.3. The van der Waals surface area contributed by atoms with Crippen LogP contribution in [0.2, 0.25) is 0 Å². The maximum Gasteiger partial charge on any atom is 0.387 e. The van der Waals surface area contributed by atoms with Gasteiger partial charge >= 0.3 is 12.6 Å². The highest BCUT2D eigenvalue weighted by molar-refractivity contribution is 6.40. The number of piperidine rings is 1. The normalized spacial score (nSPS) is 28.8. The molecule has 1 aromatic heterocycles. The van der Waals surface area contributed by atoms with E-state index in [-0.39, 0.29) is 42.2 Å². The molecule has 2 bridgehead atoms. The van der Waals surface area contributed by atoms with Crippen LogP contribution in [0, 0.1) is 0 Å². The van der Waals surface area contributed by atoms with E-state index in [9.17, 15) is 18.7 Å². The van der Waals surface area contributed by atoms with Gasteiger partial charge in [0.15, 0.2) is 5.79 Å². The van der Waals surface area contributed by atoms with Crippen LogP contribution in [0.25, 0.3) is 11.3 Å². The molecule has 0 spiro atoms. The van der Waals surface area contributed by atoms with Crippen molar-refractivity contribution in [1.82, 2.24) is 15.4 Å². The number of aliphatic imine (C=N–C) groups is 1. The molecule has 1 saturated carbocycles. The van der Waals surface area contributed by atoms with E-state index in [4.69, 9.17) is 14.0 Å². The zero-order valence-electron chi connectivity index (χ0n) is 21.0. The fourth-order valence-corrected chi connectivity index (χ4v) is 6.21. The molecule has 2 aromatic rings. The summed E-state index contributed by atoms with van der Waals surface area (Å²) in [5, 5.41) is 17.0. The maximum absolute atomic E-state index is 13.0. The number of benzene rings is 1. The summed E-state index contributed by atoms with van der Waals surface area (Å²) in [6.07, 6.45) is 8.62. The van der Waals surface area contributed by atoms with Gasteiger partial charge in [0.05, 0.1) is 12.7 Å². The van der Waals surface area contributed by atoms with Gasteiger partial charge in [-0.1, -0.05) is 17.3 Å². The summed E-state index contributed by atoms with van der Waals surface area (Å²) in [5.74, 6) is -0.796. The molecule has 6 rings (SSSR count). The quantitative estimate of drug-likeness (QED) is 0.484. The number of rotatable bonds is 9. The standard InChI is InChI=1S/C27H30F2N4O5/c1-27(30-11-10-21(31-27)25(34)35)33-16-8-9-17(33)13-18(12-16)36-14-20-23(32-38-24(20)15-6-7-15)19-4-2-3-5-22(19)37-26(28)29/h2-5,10-11,15-18,26,30H,6-9,12-14H2,1H3,(H,34,35)/t16-,17+,18-,27?. The number of aliphatic carboxylic acids is 1. The van der Waals surface area contributed by atoms with E-state index < -0.39 is 18.4 Å². The van der Waals surface area contributed by atoms with Gasteiger partial charge in [0.1, 0.15) is 22.9 Å². The number of hydrogen-bond donors (Lipinski definition) is 2. The smallest absolute Gasteiger partial charge is 0.387 e. The largest absolute Gasteiger partial charge is 0.477 e. The Morgan fingerprint density at radius 3 is 2.66 bits per heavy atom. The highest BCUT2D eigenvalue weighted by atomic mass is 19.3. The SMILES string of the molecule is CC1(N2[C@@H]3CC[C@H]2C[C@H](OCc2c(-c4ccccc4OC(F)F)noc2C2CC2)C3)N=C(C(=O)O)C=CN1. The van der Waals surface area contributed by atoms with Gasteiger partial charge in [0.2, 0.25) is 0 Å². The third-order valence-electron chi connectivity index (χ3n) is 7.94. The highest BCUT2D eigenvalue weighted by Crippen LogP contribution is 2.46. The van der Waals surface area contributed by atoms with E-state index >= 15 is 0 Å². The van der Waals surface area contributed by atoms with E-state index in [2.05, 4.69) is 20.4 Å². The summed E-state index contributed by atoms with van der Waals surface area (Å²) >= 11 is 0. The van der Waals surface area contributed by atoms with Crippen LogP contribution in [-0.2, 0) is 16.1 Å². The lowest BCUT2D eigenvalue weighted by molar-refractivity contribution is -0.129. The third-order valence-corrected chi connectivity index (χ3v) is 7.94. The zero-order chi connectivity index (χ0) is 26.4. The zero-order valence-corrected chi connectivity index (χ0v) is 21.0. The van der Waals surface area contributed by atoms with Crippen molar-refractivity contribution in [3.63, 3.8) is 0 Å². The molecule has 4 heterocycles. The number of carbonyl (C=O) groups is 1. The van der Waals surface area contributed by atoms with E-state index in [1.807, 2.05) is 6.92 Å². The second kappa shape index (κ2) is 9.77. The van der Waals surface area contributed by atoms with Crippen LogP contribution < -0.4 is 10.1 Å². The van der Waals surface area contributed by atoms with Crippen molar-refractivity contribution in [2.45, 2.75) is 88.6 Å². The Kier molecular flexibility index (Phi) is 6.43. The van der Waals surface area contributed by atoms with E-state index in [1.54, 1.807) is 24.4 Å². The Bertz CT molecular complexity index is 1260. The molecule has 1 aliphatic carbocycles. The number of alkyl halides is 2. The first-order valence-electron chi connectivity index (χ1n) is 13.0. The average molecular weight is 529 g/mol. The van der Waals surface area contributed by atoms with Gasteiger partial charge in [-0.05, 0) is 63.7 Å². The molecule has 3 fully saturated rings. The number of ether oxygens (including phenoxy) is 2. The number of nitrogens with one attached hydrogen (secondary N) is 1. The Hall–Kier alpha value is -3.31. The highest BCUT2D eigenvalue weighted by Gasteiger charge is 2.50. The average Bonchev–Trinajstić information content (AvgIpc) is 3.58. The summed E-state index contributed by atoms with van der Waals surface area (Å²) < 4.78 is 43.0. The minimum absolute atomic E-state index is 0.0169. The Balaban J connectivity index is 1.20. The molecule has 3 aliphatic heterocycles. The molecular formula is C27H30F2N4O5. The maximum atomic E-state index is 13.0. The summed E-state index contributed by atoms with van der Waals surface area (Å²) in [7, 11) is 0. The van der Waals surface area contributed by atoms with Crippen LogP contribution in [0.5, 0.6) is 5.75 Å². The lowest BCUT2D eigenvalue weighted by Crippen LogP contribution is -2.62. The van der Waals surface area contributed by atoms with Gasteiger partial charge in [0, 0.05) is 35.3 Å². The van der Waals surface area contributed by atoms with E-state index in [0.29, 0.717) is 11.3 Å². The first-order valence-corrected chi connectivity index (χ1v) is 13.0. The Labute approximate surface area is 218 Å². The van der Waals surface area contributed by atoms with Gasteiger partial charge in [0.25, 0.3) is 0 Å². The molecule has 4 aliphatic rings. The molecule has 1 unspecified atom stereocenters. The molecule has 0 amide bonds. The molecule has 4 atom stereocenters. The topological polar surface area (TPSA) is 109 Å². The fraction of sp³-hybridized carbons (Fsp3) is 0.519. The number of aromatic nitrogens is 1. The number of carboxylic acids is 1. The minimum Gasteiger partial charge on any atom is -0.477 e. The molecule has 202 valence electrons. The lowest BCUT2D eigenvalue weighted by atomic mass is 9.97. The van der Waals surface area contributed by atoms with Crippen molar-refractivity contribution >= 4 is 11.7 Å². The molecule has 38 heavy (non-hydrogen) atoms. The summed E-state index contributed by atoms with van der Waals surface area (Å²) in [6.45, 7) is -0.772. The van der Waals surface area contributed by atoms with Gasteiger partial charge in [-0.15, -0.1) is 0 Å². The predicted octanol–water partition coefficient (Wildman–Crippen LogP) is 4.65. The van der Waals surface area contributed by atoms with Crippen LogP contribution in [0.15, 0.2) is 46.1 Å². The number of fused-ring (bicyclic) bond motifs is 2.